The number of anilines is 2. The van der Waals surface area contributed by atoms with Crippen LogP contribution in [0.3, 0.4) is 0 Å². The molecule has 5 nitrogen and oxygen atoms in total. The van der Waals surface area contributed by atoms with E-state index < -0.39 is 0 Å². The van der Waals surface area contributed by atoms with Crippen molar-refractivity contribution in [3.63, 3.8) is 0 Å². The Hall–Kier alpha value is -3.93. The second-order valence-electron chi connectivity index (χ2n) is 8.63. The molecule has 0 fully saturated rings. The SMILES string of the molecule is Cc1ccc(CC(=O)Nc2ccc(NC(=O)Cc3ccc(Cl)cc3Cl)cc2C(=O)c2ccccc2)cc1. The number of halogens is 2. The summed E-state index contributed by atoms with van der Waals surface area (Å²) in [5, 5.41) is 6.55. The number of carbonyl (C=O) groups is 3. The summed E-state index contributed by atoms with van der Waals surface area (Å²) in [5.74, 6) is -0.832. The number of ketones is 1. The van der Waals surface area contributed by atoms with Crippen molar-refractivity contribution >= 4 is 52.2 Å². The van der Waals surface area contributed by atoms with Gasteiger partial charge in [-0.3, -0.25) is 14.4 Å². The minimum atomic E-state index is -0.307. The first-order chi connectivity index (χ1) is 17.8. The normalized spacial score (nSPS) is 10.6. The molecule has 0 aliphatic rings. The molecule has 2 N–H and O–H groups in total. The van der Waals surface area contributed by atoms with Crippen molar-refractivity contribution < 1.29 is 14.4 Å². The lowest BCUT2D eigenvalue weighted by molar-refractivity contribution is -0.116. The Morgan fingerprint density at radius 1 is 0.730 bits per heavy atom. The molecule has 0 aliphatic carbocycles. The van der Waals surface area contributed by atoms with Crippen LogP contribution in [0.5, 0.6) is 0 Å². The Kier molecular flexibility index (Phi) is 8.39. The monoisotopic (exact) mass is 530 g/mol. The van der Waals surface area contributed by atoms with Gasteiger partial charge in [-0.2, -0.15) is 0 Å². The van der Waals surface area contributed by atoms with Crippen LogP contribution in [0.2, 0.25) is 10.0 Å². The van der Waals surface area contributed by atoms with Gasteiger partial charge in [0.15, 0.2) is 5.78 Å². The molecule has 4 rings (SSSR count). The van der Waals surface area contributed by atoms with Gasteiger partial charge in [0, 0.05) is 26.9 Å². The van der Waals surface area contributed by atoms with Crippen molar-refractivity contribution in [3.05, 3.63) is 129 Å². The molecule has 0 atom stereocenters. The Bertz CT molecular complexity index is 1450. The predicted molar refractivity (Wildman–Crippen MR) is 149 cm³/mol. The largest absolute Gasteiger partial charge is 0.326 e. The quantitative estimate of drug-likeness (QED) is 0.243. The lowest BCUT2D eigenvalue weighted by Gasteiger charge is -2.14. The second-order valence-corrected chi connectivity index (χ2v) is 9.47. The molecular weight excluding hydrogens is 507 g/mol. The molecule has 37 heavy (non-hydrogen) atoms. The Morgan fingerprint density at radius 3 is 2.14 bits per heavy atom. The van der Waals surface area contributed by atoms with Gasteiger partial charge in [-0.25, -0.2) is 0 Å². The number of amides is 2. The summed E-state index contributed by atoms with van der Waals surface area (Å²) < 4.78 is 0. The number of nitrogens with one attached hydrogen (secondary N) is 2. The average Bonchev–Trinajstić information content (AvgIpc) is 2.88. The molecule has 0 bridgehead atoms. The number of hydrogen-bond acceptors (Lipinski definition) is 3. The maximum absolute atomic E-state index is 13.4. The van der Waals surface area contributed by atoms with Crippen LogP contribution in [-0.2, 0) is 22.4 Å². The molecule has 0 saturated heterocycles. The van der Waals surface area contributed by atoms with Crippen LogP contribution in [0.4, 0.5) is 11.4 Å². The van der Waals surface area contributed by atoms with Gasteiger partial charge in [0.25, 0.3) is 0 Å². The highest BCUT2D eigenvalue weighted by atomic mass is 35.5. The summed E-state index contributed by atoms with van der Waals surface area (Å²) in [6.45, 7) is 1.98. The van der Waals surface area contributed by atoms with Gasteiger partial charge in [0.05, 0.1) is 18.5 Å². The van der Waals surface area contributed by atoms with E-state index in [4.69, 9.17) is 23.2 Å². The maximum Gasteiger partial charge on any atom is 0.228 e. The lowest BCUT2D eigenvalue weighted by atomic mass is 10.0. The number of carbonyl (C=O) groups excluding carboxylic acids is 3. The van der Waals surface area contributed by atoms with E-state index in [9.17, 15) is 14.4 Å². The minimum Gasteiger partial charge on any atom is -0.326 e. The lowest BCUT2D eigenvalue weighted by Crippen LogP contribution is -2.18. The third kappa shape index (κ3) is 7.06. The molecule has 7 heteroatoms. The molecule has 0 spiro atoms. The molecule has 0 unspecified atom stereocenters. The van der Waals surface area contributed by atoms with Crippen LogP contribution in [-0.4, -0.2) is 17.6 Å². The van der Waals surface area contributed by atoms with Crippen LogP contribution in [0.15, 0.2) is 91.0 Å². The number of hydrogen-bond donors (Lipinski definition) is 2. The third-order valence-corrected chi connectivity index (χ3v) is 6.30. The van der Waals surface area contributed by atoms with Crippen molar-refractivity contribution in [2.45, 2.75) is 19.8 Å². The summed E-state index contributed by atoms with van der Waals surface area (Å²) in [7, 11) is 0. The highest BCUT2D eigenvalue weighted by molar-refractivity contribution is 6.35. The first kappa shape index (κ1) is 26.1. The van der Waals surface area contributed by atoms with Crippen molar-refractivity contribution in [2.24, 2.45) is 0 Å². The molecule has 0 aromatic heterocycles. The van der Waals surface area contributed by atoms with Gasteiger partial charge in [0.1, 0.15) is 0 Å². The van der Waals surface area contributed by atoms with Gasteiger partial charge in [0.2, 0.25) is 11.8 Å². The van der Waals surface area contributed by atoms with Crippen molar-refractivity contribution in [2.75, 3.05) is 10.6 Å². The smallest absolute Gasteiger partial charge is 0.228 e. The summed E-state index contributed by atoms with van der Waals surface area (Å²) in [6.07, 6.45) is 0.201. The molecule has 0 heterocycles. The third-order valence-electron chi connectivity index (χ3n) is 5.71. The zero-order valence-electron chi connectivity index (χ0n) is 20.1. The number of benzene rings is 4. The second kappa shape index (κ2) is 11.9. The van der Waals surface area contributed by atoms with E-state index >= 15 is 0 Å². The topological polar surface area (TPSA) is 75.3 Å². The van der Waals surface area contributed by atoms with Gasteiger partial charge >= 0.3 is 0 Å². The molecular formula is C30H24Cl2N2O3. The highest BCUT2D eigenvalue weighted by Crippen LogP contribution is 2.26. The predicted octanol–water partition coefficient (Wildman–Crippen LogP) is 6.90. The van der Waals surface area contributed by atoms with Gasteiger partial charge < -0.3 is 10.6 Å². The molecule has 4 aromatic carbocycles. The van der Waals surface area contributed by atoms with Crippen molar-refractivity contribution in [1.82, 2.24) is 0 Å². The molecule has 186 valence electrons. The summed E-state index contributed by atoms with van der Waals surface area (Å²) in [6, 6.07) is 26.2. The Labute approximate surface area is 225 Å². The summed E-state index contributed by atoms with van der Waals surface area (Å²) >= 11 is 12.1. The Morgan fingerprint density at radius 2 is 1.43 bits per heavy atom. The zero-order chi connectivity index (χ0) is 26.4. The van der Waals surface area contributed by atoms with E-state index in [0.29, 0.717) is 32.5 Å². The van der Waals surface area contributed by atoms with E-state index in [2.05, 4.69) is 10.6 Å². The van der Waals surface area contributed by atoms with Crippen LogP contribution in [0.25, 0.3) is 0 Å². The first-order valence-electron chi connectivity index (χ1n) is 11.6. The van der Waals surface area contributed by atoms with Crippen LogP contribution in [0.1, 0.15) is 32.6 Å². The van der Waals surface area contributed by atoms with Gasteiger partial charge in [-0.15, -0.1) is 0 Å². The van der Waals surface area contributed by atoms with Crippen LogP contribution < -0.4 is 10.6 Å². The Balaban J connectivity index is 1.56. The molecule has 4 aromatic rings. The number of aryl methyl sites for hydroxylation is 1. The average molecular weight is 531 g/mol. The van der Waals surface area contributed by atoms with Gasteiger partial charge in [-0.05, 0) is 48.4 Å². The van der Waals surface area contributed by atoms with E-state index in [0.717, 1.165) is 11.1 Å². The fourth-order valence-electron chi connectivity index (χ4n) is 3.79. The van der Waals surface area contributed by atoms with E-state index in [-0.39, 0.29) is 36.0 Å². The zero-order valence-corrected chi connectivity index (χ0v) is 21.6. The van der Waals surface area contributed by atoms with Crippen molar-refractivity contribution in [3.8, 4) is 0 Å². The first-order valence-corrected chi connectivity index (χ1v) is 12.4. The van der Waals surface area contributed by atoms with Crippen LogP contribution in [0, 0.1) is 6.92 Å². The minimum absolute atomic E-state index is 0.0347. The fourth-order valence-corrected chi connectivity index (χ4v) is 4.27. The number of rotatable bonds is 8. The maximum atomic E-state index is 13.4. The molecule has 0 aliphatic heterocycles. The van der Waals surface area contributed by atoms with Crippen molar-refractivity contribution in [1.29, 1.82) is 0 Å². The van der Waals surface area contributed by atoms with E-state index in [1.54, 1.807) is 60.7 Å². The van der Waals surface area contributed by atoms with E-state index in [1.807, 2.05) is 37.3 Å². The standard InChI is InChI=1S/C30H24Cl2N2O3/c1-19-7-9-20(10-8-19)15-28(35)34-27-14-13-24(18-25(27)30(37)21-5-3-2-4-6-21)33-29(36)16-22-11-12-23(31)17-26(22)32/h2-14,17-18H,15-16H2,1H3,(H,33,36)(H,34,35). The van der Waals surface area contributed by atoms with Crippen LogP contribution >= 0.6 is 23.2 Å². The molecule has 2 amide bonds. The highest BCUT2D eigenvalue weighted by Gasteiger charge is 2.18. The molecule has 0 saturated carbocycles. The fraction of sp³-hybridized carbons (Fsp3) is 0.100. The summed E-state index contributed by atoms with van der Waals surface area (Å²) in [4.78, 5) is 38.8. The van der Waals surface area contributed by atoms with Gasteiger partial charge in [-0.1, -0.05) is 89.4 Å². The van der Waals surface area contributed by atoms with E-state index in [1.165, 1.54) is 0 Å². The molecule has 0 radical (unpaired) electrons. The summed E-state index contributed by atoms with van der Waals surface area (Å²) in [5.41, 5.74) is 4.12.